The number of hydrogen-bond acceptors (Lipinski definition) is 4. The fraction of sp³-hybridized carbons (Fsp3) is 0.346. The van der Waals surface area contributed by atoms with E-state index in [1.807, 2.05) is 42.0 Å². The van der Waals surface area contributed by atoms with Crippen LogP contribution in [0, 0.1) is 23.2 Å². The van der Waals surface area contributed by atoms with Crippen molar-refractivity contribution in [2.24, 2.45) is 11.8 Å². The predicted octanol–water partition coefficient (Wildman–Crippen LogP) is 6.76. The molecule has 1 amide bonds. The maximum atomic E-state index is 12.1. The standard InChI is InChI=1S/C26H25ClN4O2S/c27-21-5-7-25-22(10-21)20(15-34-25)14-30(26(32)33)12-18-2-1-3-19(8-18)13-31-16-29-23-6-4-17(11-28)9-24(23)31/h4-7,9-10,15-16,18-19H,1-3,8,12-14H2,(H,32,33). The van der Waals surface area contributed by atoms with E-state index < -0.39 is 6.09 Å². The second-order valence-corrected chi connectivity index (χ2v) is 10.5. The Balaban J connectivity index is 1.27. The minimum Gasteiger partial charge on any atom is -0.465 e. The molecule has 2 aromatic heterocycles. The van der Waals surface area contributed by atoms with E-state index in [1.165, 1.54) is 0 Å². The zero-order valence-corrected chi connectivity index (χ0v) is 20.2. The molecule has 1 fully saturated rings. The number of hydrogen-bond donors (Lipinski definition) is 1. The largest absolute Gasteiger partial charge is 0.465 e. The smallest absolute Gasteiger partial charge is 0.407 e. The summed E-state index contributed by atoms with van der Waals surface area (Å²) in [6.07, 6.45) is 5.21. The summed E-state index contributed by atoms with van der Waals surface area (Å²) in [5.41, 5.74) is 3.52. The number of imidazole rings is 1. The molecule has 0 spiro atoms. The van der Waals surface area contributed by atoms with Crippen LogP contribution in [0.25, 0.3) is 21.1 Å². The third-order valence-electron chi connectivity index (χ3n) is 6.82. The van der Waals surface area contributed by atoms with Gasteiger partial charge in [-0.2, -0.15) is 5.26 Å². The van der Waals surface area contributed by atoms with Gasteiger partial charge in [0.25, 0.3) is 0 Å². The lowest BCUT2D eigenvalue weighted by atomic mass is 9.81. The van der Waals surface area contributed by atoms with Gasteiger partial charge in [0.2, 0.25) is 0 Å². The minimum absolute atomic E-state index is 0.327. The highest BCUT2D eigenvalue weighted by Gasteiger charge is 2.27. The van der Waals surface area contributed by atoms with Crippen LogP contribution in [0.2, 0.25) is 5.02 Å². The number of thiophene rings is 1. The van der Waals surface area contributed by atoms with Crippen LogP contribution in [-0.4, -0.2) is 32.2 Å². The van der Waals surface area contributed by atoms with Gasteiger partial charge in [-0.1, -0.05) is 18.0 Å². The van der Waals surface area contributed by atoms with E-state index in [2.05, 4.69) is 15.6 Å². The fourth-order valence-corrected chi connectivity index (χ4v) is 6.29. The molecule has 2 atom stereocenters. The molecule has 34 heavy (non-hydrogen) atoms. The number of nitriles is 1. The van der Waals surface area contributed by atoms with Crippen molar-refractivity contribution in [3.05, 3.63) is 64.3 Å². The normalized spacial score (nSPS) is 18.2. The number of benzene rings is 2. The van der Waals surface area contributed by atoms with E-state index >= 15 is 0 Å². The Morgan fingerprint density at radius 1 is 1.26 bits per heavy atom. The summed E-state index contributed by atoms with van der Waals surface area (Å²) >= 11 is 7.80. The molecule has 5 rings (SSSR count). The second kappa shape index (κ2) is 9.65. The molecule has 1 aliphatic carbocycles. The average molecular weight is 493 g/mol. The van der Waals surface area contributed by atoms with E-state index in [9.17, 15) is 15.2 Å². The Morgan fingerprint density at radius 2 is 2.12 bits per heavy atom. The van der Waals surface area contributed by atoms with Gasteiger partial charge in [-0.25, -0.2) is 9.78 Å². The maximum absolute atomic E-state index is 12.1. The summed E-state index contributed by atoms with van der Waals surface area (Å²) in [6, 6.07) is 13.6. The molecule has 2 aromatic carbocycles. The van der Waals surface area contributed by atoms with Crippen LogP contribution in [-0.2, 0) is 13.1 Å². The van der Waals surface area contributed by atoms with Crippen LogP contribution in [0.1, 0.15) is 36.8 Å². The van der Waals surface area contributed by atoms with Crippen LogP contribution in [0.5, 0.6) is 0 Å². The zero-order valence-electron chi connectivity index (χ0n) is 18.7. The van der Waals surface area contributed by atoms with Crippen molar-refractivity contribution < 1.29 is 9.90 Å². The monoisotopic (exact) mass is 492 g/mol. The third-order valence-corrected chi connectivity index (χ3v) is 8.07. The summed E-state index contributed by atoms with van der Waals surface area (Å²) in [6.45, 7) is 1.75. The van der Waals surface area contributed by atoms with Crippen molar-refractivity contribution in [2.45, 2.75) is 38.8 Å². The SMILES string of the molecule is N#Cc1ccc2ncn(CC3CCCC(CN(Cc4csc5ccc(Cl)cc45)C(=O)O)C3)c2c1. The van der Waals surface area contributed by atoms with Crippen molar-refractivity contribution >= 4 is 50.2 Å². The number of carbonyl (C=O) groups is 1. The molecule has 0 radical (unpaired) electrons. The first-order valence-corrected chi connectivity index (χ1v) is 12.7. The van der Waals surface area contributed by atoms with Crippen molar-refractivity contribution in [3.8, 4) is 6.07 Å². The van der Waals surface area contributed by atoms with Gasteiger partial charge in [0.15, 0.2) is 0 Å². The summed E-state index contributed by atoms with van der Waals surface area (Å²) in [4.78, 5) is 18.2. The second-order valence-electron chi connectivity index (χ2n) is 9.18. The molecule has 2 heterocycles. The maximum Gasteiger partial charge on any atom is 0.407 e. The summed E-state index contributed by atoms with van der Waals surface area (Å²) in [7, 11) is 0. The van der Waals surface area contributed by atoms with Crippen molar-refractivity contribution in [1.29, 1.82) is 5.26 Å². The molecule has 0 aliphatic heterocycles. The average Bonchev–Trinajstić information content (AvgIpc) is 3.42. The highest BCUT2D eigenvalue weighted by atomic mass is 35.5. The summed E-state index contributed by atoms with van der Waals surface area (Å²) in [5, 5.41) is 22.9. The molecule has 1 N–H and O–H groups in total. The minimum atomic E-state index is -0.881. The Bertz CT molecular complexity index is 1390. The Labute approximate surface area is 207 Å². The van der Waals surface area contributed by atoms with E-state index in [0.29, 0.717) is 35.5 Å². The van der Waals surface area contributed by atoms with Gasteiger partial charge >= 0.3 is 6.09 Å². The highest BCUT2D eigenvalue weighted by Crippen LogP contribution is 2.33. The Hall–Kier alpha value is -3.08. The van der Waals surface area contributed by atoms with Gasteiger partial charge < -0.3 is 14.6 Å². The van der Waals surface area contributed by atoms with Gasteiger partial charge in [0.1, 0.15) is 0 Å². The van der Waals surface area contributed by atoms with Crippen LogP contribution < -0.4 is 0 Å². The molecule has 4 aromatic rings. The third kappa shape index (κ3) is 4.75. The molecule has 0 bridgehead atoms. The van der Waals surface area contributed by atoms with Gasteiger partial charge in [-0.3, -0.25) is 0 Å². The molecular formula is C26H25ClN4O2S. The first-order valence-electron chi connectivity index (χ1n) is 11.5. The van der Waals surface area contributed by atoms with Crippen LogP contribution in [0.4, 0.5) is 4.79 Å². The molecule has 174 valence electrons. The number of aromatic nitrogens is 2. The topological polar surface area (TPSA) is 82.2 Å². The lowest BCUT2D eigenvalue weighted by Gasteiger charge is -2.32. The van der Waals surface area contributed by atoms with Crippen LogP contribution in [0.3, 0.4) is 0 Å². The van der Waals surface area contributed by atoms with E-state index in [-0.39, 0.29) is 0 Å². The number of nitrogens with zero attached hydrogens (tertiary/aromatic N) is 4. The molecule has 2 unspecified atom stereocenters. The lowest BCUT2D eigenvalue weighted by molar-refractivity contribution is 0.120. The number of amides is 1. The number of halogens is 1. The fourth-order valence-electron chi connectivity index (χ4n) is 5.19. The Morgan fingerprint density at radius 3 is 2.94 bits per heavy atom. The number of carboxylic acid groups (broad SMARTS) is 1. The van der Waals surface area contributed by atoms with E-state index in [4.69, 9.17) is 11.6 Å². The highest BCUT2D eigenvalue weighted by molar-refractivity contribution is 7.17. The lowest BCUT2D eigenvalue weighted by Crippen LogP contribution is -2.36. The molecule has 1 saturated carbocycles. The van der Waals surface area contributed by atoms with Gasteiger partial charge in [0, 0.05) is 22.8 Å². The van der Waals surface area contributed by atoms with E-state index in [1.54, 1.807) is 22.3 Å². The predicted molar refractivity (Wildman–Crippen MR) is 135 cm³/mol. The zero-order chi connectivity index (χ0) is 23.7. The molecule has 1 aliphatic rings. The number of fused-ring (bicyclic) bond motifs is 2. The van der Waals surface area contributed by atoms with Gasteiger partial charge in [-0.15, -0.1) is 11.3 Å². The number of rotatable bonds is 6. The van der Waals surface area contributed by atoms with Crippen molar-refractivity contribution in [3.63, 3.8) is 0 Å². The quantitative estimate of drug-likeness (QED) is 0.322. The Kier molecular flexibility index (Phi) is 6.44. The summed E-state index contributed by atoms with van der Waals surface area (Å²) < 4.78 is 3.26. The summed E-state index contributed by atoms with van der Waals surface area (Å²) in [5.74, 6) is 0.783. The first kappa shape index (κ1) is 22.7. The molecule has 8 heteroatoms. The molecule has 6 nitrogen and oxygen atoms in total. The van der Waals surface area contributed by atoms with Gasteiger partial charge in [-0.05, 0) is 83.8 Å². The van der Waals surface area contributed by atoms with Gasteiger partial charge in [0.05, 0.1) is 35.5 Å². The molecular weight excluding hydrogens is 468 g/mol. The first-order chi connectivity index (χ1) is 16.5. The molecule has 0 saturated heterocycles. The van der Waals surface area contributed by atoms with E-state index in [0.717, 1.165) is 58.9 Å². The van der Waals surface area contributed by atoms with Crippen molar-refractivity contribution in [1.82, 2.24) is 14.5 Å². The van der Waals surface area contributed by atoms with Crippen LogP contribution >= 0.6 is 22.9 Å². The van der Waals surface area contributed by atoms with Crippen molar-refractivity contribution in [2.75, 3.05) is 6.54 Å². The van der Waals surface area contributed by atoms with Crippen LogP contribution in [0.15, 0.2) is 48.1 Å².